The van der Waals surface area contributed by atoms with Crippen molar-refractivity contribution in [3.8, 4) is 21.8 Å². The maximum absolute atomic E-state index is 13.2. The van der Waals surface area contributed by atoms with Crippen molar-refractivity contribution in [3.63, 3.8) is 0 Å². The molecule has 3 rings (SSSR count). The van der Waals surface area contributed by atoms with Gasteiger partial charge in [-0.15, -0.1) is 11.3 Å². The highest BCUT2D eigenvalue weighted by Crippen LogP contribution is 2.33. The fourth-order valence-corrected chi connectivity index (χ4v) is 3.19. The highest BCUT2D eigenvalue weighted by Gasteiger charge is 2.09. The predicted molar refractivity (Wildman–Crippen MR) is 78.4 cm³/mol. The monoisotopic (exact) mass is 334 g/mol. The van der Waals surface area contributed by atoms with Gasteiger partial charge in [-0.2, -0.15) is 0 Å². The van der Waals surface area contributed by atoms with Gasteiger partial charge in [-0.3, -0.25) is 4.98 Å². The molecule has 0 aliphatic carbocycles. The zero-order chi connectivity index (χ0) is 13.2. The fraction of sp³-hybridized carbons (Fsp3) is 0. The van der Waals surface area contributed by atoms with E-state index in [2.05, 4.69) is 25.9 Å². The lowest BCUT2D eigenvalue weighted by Gasteiger charge is -1.99. The summed E-state index contributed by atoms with van der Waals surface area (Å²) >= 11 is 5.03. The van der Waals surface area contributed by atoms with Crippen molar-refractivity contribution in [3.05, 3.63) is 58.4 Å². The molecule has 0 aliphatic rings. The van der Waals surface area contributed by atoms with E-state index in [0.717, 1.165) is 20.7 Å². The SMILES string of the molecule is Fc1cncc(-c2csc(-c3ccccc3Br)n2)c1. The summed E-state index contributed by atoms with van der Waals surface area (Å²) in [6, 6.07) is 9.33. The molecule has 0 unspecified atom stereocenters. The summed E-state index contributed by atoms with van der Waals surface area (Å²) < 4.78 is 14.1. The highest BCUT2D eigenvalue weighted by atomic mass is 79.9. The molecule has 0 spiro atoms. The molecule has 0 aliphatic heterocycles. The zero-order valence-electron chi connectivity index (χ0n) is 9.68. The molecule has 1 aromatic carbocycles. The van der Waals surface area contributed by atoms with E-state index in [1.165, 1.54) is 23.6 Å². The summed E-state index contributed by atoms with van der Waals surface area (Å²) in [6.07, 6.45) is 2.80. The summed E-state index contributed by atoms with van der Waals surface area (Å²) in [6.45, 7) is 0. The molecule has 19 heavy (non-hydrogen) atoms. The third-order valence-electron chi connectivity index (χ3n) is 2.61. The molecule has 0 saturated carbocycles. The number of nitrogens with zero attached hydrogens (tertiary/aromatic N) is 2. The number of hydrogen-bond donors (Lipinski definition) is 0. The van der Waals surface area contributed by atoms with Crippen molar-refractivity contribution in [2.75, 3.05) is 0 Å². The largest absolute Gasteiger partial charge is 0.261 e. The van der Waals surface area contributed by atoms with E-state index in [4.69, 9.17) is 0 Å². The molecule has 94 valence electrons. The number of thiazole rings is 1. The Morgan fingerprint density at radius 1 is 1.16 bits per heavy atom. The van der Waals surface area contributed by atoms with Crippen molar-refractivity contribution >= 4 is 27.3 Å². The van der Waals surface area contributed by atoms with Gasteiger partial charge in [0.2, 0.25) is 0 Å². The number of aromatic nitrogens is 2. The molecule has 2 aromatic heterocycles. The molecular formula is C14H8BrFN2S. The lowest BCUT2D eigenvalue weighted by Crippen LogP contribution is -1.84. The van der Waals surface area contributed by atoms with Crippen LogP contribution in [0.3, 0.4) is 0 Å². The summed E-state index contributed by atoms with van der Waals surface area (Å²) in [5.41, 5.74) is 2.46. The quantitative estimate of drug-likeness (QED) is 0.674. The van der Waals surface area contributed by atoms with Gasteiger partial charge in [0.15, 0.2) is 0 Å². The normalized spacial score (nSPS) is 10.6. The first-order chi connectivity index (χ1) is 9.24. The number of benzene rings is 1. The zero-order valence-corrected chi connectivity index (χ0v) is 12.1. The van der Waals surface area contributed by atoms with Gasteiger partial charge in [0.05, 0.1) is 11.9 Å². The van der Waals surface area contributed by atoms with Gasteiger partial charge in [-0.05, 0) is 12.1 Å². The molecule has 0 N–H and O–H groups in total. The van der Waals surface area contributed by atoms with Crippen LogP contribution < -0.4 is 0 Å². The van der Waals surface area contributed by atoms with Crippen molar-refractivity contribution in [1.29, 1.82) is 0 Å². The van der Waals surface area contributed by atoms with E-state index >= 15 is 0 Å². The standard InChI is InChI=1S/C14H8BrFN2S/c15-12-4-2-1-3-11(12)14-18-13(8-19-14)9-5-10(16)7-17-6-9/h1-8H. The van der Waals surface area contributed by atoms with E-state index in [1.807, 2.05) is 29.6 Å². The molecule has 5 heteroatoms. The molecule has 0 atom stereocenters. The van der Waals surface area contributed by atoms with Crippen molar-refractivity contribution in [1.82, 2.24) is 9.97 Å². The van der Waals surface area contributed by atoms with Crippen LogP contribution in [0.25, 0.3) is 21.8 Å². The maximum atomic E-state index is 13.2. The second kappa shape index (κ2) is 5.19. The minimum Gasteiger partial charge on any atom is -0.261 e. The lowest BCUT2D eigenvalue weighted by molar-refractivity contribution is 0.622. The topological polar surface area (TPSA) is 25.8 Å². The van der Waals surface area contributed by atoms with Crippen molar-refractivity contribution in [2.45, 2.75) is 0 Å². The van der Waals surface area contributed by atoms with Crippen molar-refractivity contribution < 1.29 is 4.39 Å². The Hall–Kier alpha value is -1.59. The molecule has 2 heterocycles. The maximum Gasteiger partial charge on any atom is 0.142 e. The van der Waals surface area contributed by atoms with Crippen LogP contribution in [0.4, 0.5) is 4.39 Å². The first-order valence-corrected chi connectivity index (χ1v) is 7.22. The fourth-order valence-electron chi connectivity index (χ4n) is 1.72. The minimum absolute atomic E-state index is 0.354. The Bertz CT molecular complexity index is 727. The molecule has 0 bridgehead atoms. The van der Waals surface area contributed by atoms with E-state index in [-0.39, 0.29) is 5.82 Å². The van der Waals surface area contributed by atoms with Gasteiger partial charge in [-0.1, -0.05) is 34.1 Å². The Balaban J connectivity index is 2.03. The number of hydrogen-bond acceptors (Lipinski definition) is 3. The highest BCUT2D eigenvalue weighted by molar-refractivity contribution is 9.10. The lowest BCUT2D eigenvalue weighted by atomic mass is 10.2. The number of rotatable bonds is 2. The Labute approximate surface area is 122 Å². The van der Waals surface area contributed by atoms with Gasteiger partial charge in [-0.25, -0.2) is 9.37 Å². The van der Waals surface area contributed by atoms with Gasteiger partial charge in [0, 0.05) is 27.2 Å². The smallest absolute Gasteiger partial charge is 0.142 e. The molecule has 0 fully saturated rings. The van der Waals surface area contributed by atoms with Crippen LogP contribution in [-0.2, 0) is 0 Å². The van der Waals surface area contributed by atoms with E-state index in [9.17, 15) is 4.39 Å². The Morgan fingerprint density at radius 2 is 2.00 bits per heavy atom. The van der Waals surface area contributed by atoms with Crippen LogP contribution in [0.5, 0.6) is 0 Å². The average molecular weight is 335 g/mol. The summed E-state index contributed by atoms with van der Waals surface area (Å²) in [4.78, 5) is 8.38. The molecule has 0 saturated heterocycles. The second-order valence-corrected chi connectivity index (χ2v) is 5.62. The van der Waals surface area contributed by atoms with E-state index in [0.29, 0.717) is 5.56 Å². The third kappa shape index (κ3) is 2.57. The molecule has 3 aromatic rings. The van der Waals surface area contributed by atoms with Crippen LogP contribution in [-0.4, -0.2) is 9.97 Å². The molecule has 0 amide bonds. The summed E-state index contributed by atoms with van der Waals surface area (Å²) in [7, 11) is 0. The first kappa shape index (κ1) is 12.4. The van der Waals surface area contributed by atoms with E-state index < -0.39 is 0 Å². The van der Waals surface area contributed by atoms with E-state index in [1.54, 1.807) is 6.20 Å². The summed E-state index contributed by atoms with van der Waals surface area (Å²) in [5, 5.41) is 2.80. The first-order valence-electron chi connectivity index (χ1n) is 5.55. The third-order valence-corrected chi connectivity index (χ3v) is 4.18. The van der Waals surface area contributed by atoms with Gasteiger partial charge in [0.25, 0.3) is 0 Å². The predicted octanol–water partition coefficient (Wildman–Crippen LogP) is 4.77. The minimum atomic E-state index is -0.354. The van der Waals surface area contributed by atoms with Crippen LogP contribution in [0, 0.1) is 5.82 Å². The van der Waals surface area contributed by atoms with Crippen LogP contribution in [0.15, 0.2) is 52.6 Å². The summed E-state index contributed by atoms with van der Waals surface area (Å²) in [5.74, 6) is -0.354. The average Bonchev–Trinajstić information content (AvgIpc) is 2.89. The number of halogens is 2. The van der Waals surface area contributed by atoms with Crippen LogP contribution in [0.2, 0.25) is 0 Å². The number of pyridine rings is 1. The van der Waals surface area contributed by atoms with Crippen LogP contribution >= 0.6 is 27.3 Å². The van der Waals surface area contributed by atoms with Crippen molar-refractivity contribution in [2.24, 2.45) is 0 Å². The second-order valence-electron chi connectivity index (χ2n) is 3.91. The molecular weight excluding hydrogens is 327 g/mol. The van der Waals surface area contributed by atoms with Crippen LogP contribution in [0.1, 0.15) is 0 Å². The molecule has 0 radical (unpaired) electrons. The van der Waals surface area contributed by atoms with Gasteiger partial charge < -0.3 is 0 Å². The molecule has 2 nitrogen and oxygen atoms in total. The van der Waals surface area contributed by atoms with Gasteiger partial charge >= 0.3 is 0 Å². The Morgan fingerprint density at radius 3 is 2.79 bits per heavy atom. The van der Waals surface area contributed by atoms with Gasteiger partial charge in [0.1, 0.15) is 10.8 Å². The Kier molecular flexibility index (Phi) is 3.40.